The van der Waals surface area contributed by atoms with Crippen molar-refractivity contribution < 1.29 is 8.42 Å². The molecule has 158 valence electrons. The third-order valence-corrected chi connectivity index (χ3v) is 7.32. The molecule has 3 aliphatic rings. The lowest BCUT2D eigenvalue weighted by molar-refractivity contribution is 0.391. The first-order valence-electron chi connectivity index (χ1n) is 10.1. The van der Waals surface area contributed by atoms with Gasteiger partial charge in [0.25, 0.3) is 0 Å². The lowest BCUT2D eigenvalue weighted by Crippen LogP contribution is -2.48. The minimum absolute atomic E-state index is 0. The summed E-state index contributed by atoms with van der Waals surface area (Å²) in [6, 6.07) is 0.762. The first kappa shape index (κ1) is 21.8. The second-order valence-electron chi connectivity index (χ2n) is 8.48. The summed E-state index contributed by atoms with van der Waals surface area (Å²) in [5.74, 6) is 3.87. The molecule has 1 aliphatic carbocycles. The highest BCUT2D eigenvalue weighted by Crippen LogP contribution is 2.21. The molecule has 1 aromatic rings. The number of fused-ring (bicyclic) bond motifs is 1. The predicted molar refractivity (Wildman–Crippen MR) is 120 cm³/mol. The van der Waals surface area contributed by atoms with Gasteiger partial charge in [0.05, 0.1) is 18.1 Å². The van der Waals surface area contributed by atoms with Crippen LogP contribution < -0.4 is 10.6 Å². The number of rotatable bonds is 5. The summed E-state index contributed by atoms with van der Waals surface area (Å²) in [5, 5.41) is 11.7. The van der Waals surface area contributed by atoms with E-state index in [4.69, 9.17) is 4.99 Å². The third kappa shape index (κ3) is 5.58. The molecule has 2 aliphatic heterocycles. The summed E-state index contributed by atoms with van der Waals surface area (Å²) < 4.78 is 25.3. The Hall–Kier alpha value is -0.910. The van der Waals surface area contributed by atoms with Crippen molar-refractivity contribution in [2.75, 3.05) is 18.1 Å². The summed E-state index contributed by atoms with van der Waals surface area (Å²) in [7, 11) is -2.85. The summed E-state index contributed by atoms with van der Waals surface area (Å²) >= 11 is 0. The van der Waals surface area contributed by atoms with Crippen LogP contribution in [0.25, 0.3) is 0 Å². The molecular weight excluding hydrogens is 491 g/mol. The third-order valence-electron chi connectivity index (χ3n) is 5.48. The first-order valence-corrected chi connectivity index (χ1v) is 11.9. The monoisotopic (exact) mass is 522 g/mol. The minimum atomic E-state index is -2.85. The SMILES string of the molecule is CC(C)c1nc2n(n1)CC(NC(=NCC1CCS(=O)(=O)C1)NC1CC1)CC2.I. The van der Waals surface area contributed by atoms with Gasteiger partial charge < -0.3 is 10.6 Å². The van der Waals surface area contributed by atoms with Gasteiger partial charge in [-0.25, -0.2) is 18.1 Å². The van der Waals surface area contributed by atoms with Crippen molar-refractivity contribution in [3.8, 4) is 0 Å². The average Bonchev–Trinajstić information content (AvgIpc) is 3.20. The van der Waals surface area contributed by atoms with E-state index in [1.165, 1.54) is 12.8 Å². The smallest absolute Gasteiger partial charge is 0.191 e. The van der Waals surface area contributed by atoms with Crippen LogP contribution in [0.5, 0.6) is 0 Å². The van der Waals surface area contributed by atoms with E-state index in [0.29, 0.717) is 24.3 Å². The van der Waals surface area contributed by atoms with Crippen LogP contribution in [0.4, 0.5) is 0 Å². The molecule has 4 rings (SSSR count). The largest absolute Gasteiger partial charge is 0.354 e. The van der Waals surface area contributed by atoms with E-state index >= 15 is 0 Å². The zero-order valence-electron chi connectivity index (χ0n) is 16.6. The van der Waals surface area contributed by atoms with Crippen LogP contribution in [-0.4, -0.2) is 59.3 Å². The van der Waals surface area contributed by atoms with Gasteiger partial charge in [0.1, 0.15) is 5.82 Å². The lowest BCUT2D eigenvalue weighted by atomic mass is 10.1. The molecule has 0 aromatic carbocycles. The molecule has 1 saturated carbocycles. The molecule has 0 bridgehead atoms. The van der Waals surface area contributed by atoms with Gasteiger partial charge in [-0.3, -0.25) is 4.99 Å². The zero-order chi connectivity index (χ0) is 19.0. The maximum Gasteiger partial charge on any atom is 0.191 e. The van der Waals surface area contributed by atoms with Crippen LogP contribution in [-0.2, 0) is 22.8 Å². The number of nitrogens with one attached hydrogen (secondary N) is 2. The Morgan fingerprint density at radius 1 is 1.21 bits per heavy atom. The molecule has 0 spiro atoms. The Balaban J connectivity index is 0.00000225. The molecule has 1 saturated heterocycles. The Bertz CT molecular complexity index is 818. The fraction of sp³-hybridized carbons (Fsp3) is 0.833. The summed E-state index contributed by atoms with van der Waals surface area (Å²) in [5.41, 5.74) is 0. The van der Waals surface area contributed by atoms with E-state index in [2.05, 4.69) is 34.6 Å². The quantitative estimate of drug-likeness (QED) is 0.345. The Labute approximate surface area is 184 Å². The molecule has 2 unspecified atom stereocenters. The molecule has 2 N–H and O–H groups in total. The second kappa shape index (κ2) is 8.85. The van der Waals surface area contributed by atoms with Crippen molar-refractivity contribution in [2.24, 2.45) is 10.9 Å². The highest BCUT2D eigenvalue weighted by molar-refractivity contribution is 14.0. The van der Waals surface area contributed by atoms with E-state index in [-0.39, 0.29) is 41.7 Å². The maximum absolute atomic E-state index is 11.7. The lowest BCUT2D eigenvalue weighted by Gasteiger charge is -2.25. The number of hydrogen-bond donors (Lipinski definition) is 2. The number of sulfone groups is 1. The average molecular weight is 522 g/mol. The molecule has 0 radical (unpaired) electrons. The summed E-state index contributed by atoms with van der Waals surface area (Å²) in [4.78, 5) is 9.37. The highest BCUT2D eigenvalue weighted by Gasteiger charge is 2.29. The molecule has 2 atom stereocenters. The van der Waals surface area contributed by atoms with E-state index < -0.39 is 9.84 Å². The molecule has 10 heteroatoms. The Morgan fingerprint density at radius 2 is 1.96 bits per heavy atom. The minimum Gasteiger partial charge on any atom is -0.354 e. The van der Waals surface area contributed by atoms with Gasteiger partial charge in [0.15, 0.2) is 21.6 Å². The summed E-state index contributed by atoms with van der Waals surface area (Å²) in [6.07, 6.45) is 4.99. The van der Waals surface area contributed by atoms with Crippen molar-refractivity contribution in [2.45, 2.75) is 70.5 Å². The van der Waals surface area contributed by atoms with E-state index in [0.717, 1.165) is 43.4 Å². The first-order chi connectivity index (χ1) is 12.9. The predicted octanol–water partition coefficient (Wildman–Crippen LogP) is 1.47. The van der Waals surface area contributed by atoms with Crippen molar-refractivity contribution >= 4 is 39.8 Å². The fourth-order valence-electron chi connectivity index (χ4n) is 3.67. The number of aliphatic imine (C=N–C) groups is 1. The van der Waals surface area contributed by atoms with E-state index in [9.17, 15) is 8.42 Å². The van der Waals surface area contributed by atoms with Crippen LogP contribution in [0.3, 0.4) is 0 Å². The maximum atomic E-state index is 11.7. The van der Waals surface area contributed by atoms with Gasteiger partial charge in [-0.05, 0) is 31.6 Å². The van der Waals surface area contributed by atoms with Gasteiger partial charge in [-0.1, -0.05) is 13.8 Å². The van der Waals surface area contributed by atoms with Gasteiger partial charge in [-0.2, -0.15) is 5.10 Å². The van der Waals surface area contributed by atoms with Gasteiger partial charge in [-0.15, -0.1) is 24.0 Å². The van der Waals surface area contributed by atoms with Crippen molar-refractivity contribution in [3.05, 3.63) is 11.6 Å². The van der Waals surface area contributed by atoms with Crippen LogP contribution in [0.15, 0.2) is 4.99 Å². The van der Waals surface area contributed by atoms with E-state index in [1.54, 1.807) is 0 Å². The Kier molecular flexibility index (Phi) is 6.88. The second-order valence-corrected chi connectivity index (χ2v) is 10.7. The highest BCUT2D eigenvalue weighted by atomic mass is 127. The number of nitrogens with zero attached hydrogens (tertiary/aromatic N) is 4. The number of aromatic nitrogens is 3. The van der Waals surface area contributed by atoms with E-state index in [1.807, 2.05) is 4.68 Å². The molecule has 3 heterocycles. The number of hydrogen-bond acceptors (Lipinski definition) is 5. The molecule has 8 nitrogen and oxygen atoms in total. The fourth-order valence-corrected chi connectivity index (χ4v) is 5.52. The van der Waals surface area contributed by atoms with Crippen molar-refractivity contribution in [1.82, 2.24) is 25.4 Å². The van der Waals surface area contributed by atoms with Gasteiger partial charge in [0, 0.05) is 31.0 Å². The number of aryl methyl sites for hydroxylation is 1. The zero-order valence-corrected chi connectivity index (χ0v) is 19.7. The van der Waals surface area contributed by atoms with Crippen LogP contribution in [0.1, 0.15) is 57.1 Å². The van der Waals surface area contributed by atoms with Crippen LogP contribution in [0, 0.1) is 5.92 Å². The number of halogens is 1. The Morgan fingerprint density at radius 3 is 2.61 bits per heavy atom. The van der Waals surface area contributed by atoms with Crippen molar-refractivity contribution in [3.63, 3.8) is 0 Å². The normalized spacial score (nSPS) is 26.6. The van der Waals surface area contributed by atoms with Crippen LogP contribution >= 0.6 is 24.0 Å². The van der Waals surface area contributed by atoms with Crippen LogP contribution in [0.2, 0.25) is 0 Å². The summed E-state index contributed by atoms with van der Waals surface area (Å²) in [6.45, 7) is 5.59. The van der Waals surface area contributed by atoms with Crippen molar-refractivity contribution in [1.29, 1.82) is 0 Å². The topological polar surface area (TPSA) is 101 Å². The molecular formula is C18H31IN6O2S. The standard InChI is InChI=1S/C18H30N6O2S.HI/c1-12(2)17-22-16-6-5-15(10-24(16)23-17)21-18(20-14-3-4-14)19-9-13-7-8-27(25,26)11-13;/h12-15H,3-11H2,1-2H3,(H2,19,20,21);1H. The number of guanidine groups is 1. The molecule has 1 aromatic heterocycles. The molecule has 2 fully saturated rings. The molecule has 28 heavy (non-hydrogen) atoms. The van der Waals surface area contributed by atoms with Gasteiger partial charge in [0.2, 0.25) is 0 Å². The molecule has 0 amide bonds. The van der Waals surface area contributed by atoms with Gasteiger partial charge >= 0.3 is 0 Å².